The maximum Gasteiger partial charge on any atom is 0.128 e. The van der Waals surface area contributed by atoms with Crippen LogP contribution >= 0.6 is 0 Å². The summed E-state index contributed by atoms with van der Waals surface area (Å²) < 4.78 is 10.2. The molecule has 90 valence electrons. The van der Waals surface area contributed by atoms with Crippen LogP contribution in [-0.2, 0) is 9.47 Å². The lowest BCUT2D eigenvalue weighted by atomic mass is 10.4. The molecule has 3 N–H and O–H groups in total. The molecule has 0 aromatic carbocycles. The van der Waals surface area contributed by atoms with Crippen molar-refractivity contribution >= 4 is 11.6 Å². The van der Waals surface area contributed by atoms with Crippen molar-refractivity contribution < 1.29 is 9.47 Å². The first kappa shape index (κ1) is 12.7. The number of anilines is 2. The van der Waals surface area contributed by atoms with Gasteiger partial charge in [0.25, 0.3) is 0 Å². The van der Waals surface area contributed by atoms with Crippen LogP contribution in [0.2, 0.25) is 0 Å². The third-order valence-corrected chi connectivity index (χ3v) is 1.97. The molecule has 1 heterocycles. The number of hydrogen-bond donors (Lipinski definition) is 2. The van der Waals surface area contributed by atoms with Crippen LogP contribution < -0.4 is 11.1 Å². The Morgan fingerprint density at radius 3 is 2.94 bits per heavy atom. The van der Waals surface area contributed by atoms with Crippen LogP contribution in [0.15, 0.2) is 18.2 Å². The zero-order valence-corrected chi connectivity index (χ0v) is 9.61. The van der Waals surface area contributed by atoms with E-state index in [0.29, 0.717) is 19.0 Å². The van der Waals surface area contributed by atoms with Crippen molar-refractivity contribution in [2.24, 2.45) is 0 Å². The second-order valence-electron chi connectivity index (χ2n) is 3.33. The van der Waals surface area contributed by atoms with Gasteiger partial charge in [-0.1, -0.05) is 6.07 Å². The number of aromatic nitrogens is 1. The number of ether oxygens (including phenoxy) is 2. The summed E-state index contributed by atoms with van der Waals surface area (Å²) in [5.41, 5.74) is 5.55. The fraction of sp³-hybridized carbons (Fsp3) is 0.545. The summed E-state index contributed by atoms with van der Waals surface area (Å²) in [5, 5.41) is 3.17. The smallest absolute Gasteiger partial charge is 0.128 e. The monoisotopic (exact) mass is 225 g/mol. The molecule has 1 rings (SSSR count). The molecule has 1 aromatic heterocycles. The zero-order chi connectivity index (χ0) is 11.6. The highest BCUT2D eigenvalue weighted by Gasteiger charge is 1.94. The molecular weight excluding hydrogens is 206 g/mol. The molecule has 0 radical (unpaired) electrons. The van der Waals surface area contributed by atoms with Crippen LogP contribution in [0.25, 0.3) is 0 Å². The molecule has 0 unspecified atom stereocenters. The van der Waals surface area contributed by atoms with Gasteiger partial charge in [-0.05, 0) is 18.6 Å². The van der Waals surface area contributed by atoms with E-state index in [-0.39, 0.29) is 0 Å². The topological polar surface area (TPSA) is 69.4 Å². The van der Waals surface area contributed by atoms with E-state index < -0.39 is 0 Å². The van der Waals surface area contributed by atoms with E-state index in [2.05, 4.69) is 10.3 Å². The van der Waals surface area contributed by atoms with Gasteiger partial charge < -0.3 is 20.5 Å². The van der Waals surface area contributed by atoms with Crippen molar-refractivity contribution in [2.75, 3.05) is 44.5 Å². The van der Waals surface area contributed by atoms with Crippen LogP contribution in [0.4, 0.5) is 11.6 Å². The van der Waals surface area contributed by atoms with Gasteiger partial charge in [0.15, 0.2) is 0 Å². The Hall–Kier alpha value is -1.33. The normalized spacial score (nSPS) is 10.3. The van der Waals surface area contributed by atoms with E-state index in [9.17, 15) is 0 Å². The number of nitrogens with zero attached hydrogens (tertiary/aromatic N) is 1. The summed E-state index contributed by atoms with van der Waals surface area (Å²) in [6.45, 7) is 2.83. The minimum atomic E-state index is 0.529. The summed E-state index contributed by atoms with van der Waals surface area (Å²) in [6, 6.07) is 5.53. The predicted octanol–water partition coefficient (Wildman–Crippen LogP) is 1.13. The van der Waals surface area contributed by atoms with Crippen molar-refractivity contribution in [3.8, 4) is 0 Å². The second-order valence-corrected chi connectivity index (χ2v) is 3.33. The number of pyridine rings is 1. The Labute approximate surface area is 96.0 Å². The molecule has 0 saturated heterocycles. The summed E-state index contributed by atoms with van der Waals surface area (Å²) in [5.74, 6) is 1.33. The Morgan fingerprint density at radius 1 is 1.31 bits per heavy atom. The zero-order valence-electron chi connectivity index (χ0n) is 9.61. The highest BCUT2D eigenvalue weighted by Crippen LogP contribution is 2.05. The third kappa shape index (κ3) is 5.53. The molecule has 0 fully saturated rings. The number of nitrogen functional groups attached to an aromatic ring is 1. The van der Waals surface area contributed by atoms with Gasteiger partial charge in [-0.3, -0.25) is 0 Å². The van der Waals surface area contributed by atoms with Crippen LogP contribution in [0.5, 0.6) is 0 Å². The SMILES string of the molecule is COCCOCCCNc1cccc(N)n1. The lowest BCUT2D eigenvalue weighted by Crippen LogP contribution is -2.09. The van der Waals surface area contributed by atoms with Crippen molar-refractivity contribution in [3.63, 3.8) is 0 Å². The van der Waals surface area contributed by atoms with E-state index in [1.165, 1.54) is 0 Å². The second kappa shape index (κ2) is 7.90. The fourth-order valence-electron chi connectivity index (χ4n) is 1.18. The van der Waals surface area contributed by atoms with E-state index in [0.717, 1.165) is 25.4 Å². The molecule has 1 aromatic rings. The molecule has 0 amide bonds. The van der Waals surface area contributed by atoms with Crippen molar-refractivity contribution in [1.82, 2.24) is 4.98 Å². The van der Waals surface area contributed by atoms with E-state index in [1.54, 1.807) is 13.2 Å². The molecule has 0 atom stereocenters. The first-order valence-corrected chi connectivity index (χ1v) is 5.36. The van der Waals surface area contributed by atoms with Crippen molar-refractivity contribution in [3.05, 3.63) is 18.2 Å². The van der Waals surface area contributed by atoms with Gasteiger partial charge in [-0.15, -0.1) is 0 Å². The number of hydrogen-bond acceptors (Lipinski definition) is 5. The average molecular weight is 225 g/mol. The number of methoxy groups -OCH3 is 1. The molecule has 5 nitrogen and oxygen atoms in total. The Balaban J connectivity index is 2.03. The molecule has 0 saturated carbocycles. The molecular formula is C11H19N3O2. The van der Waals surface area contributed by atoms with Gasteiger partial charge in [0.2, 0.25) is 0 Å². The Morgan fingerprint density at radius 2 is 2.19 bits per heavy atom. The van der Waals surface area contributed by atoms with E-state index >= 15 is 0 Å². The molecule has 0 aliphatic carbocycles. The number of rotatable bonds is 8. The summed E-state index contributed by atoms with van der Waals surface area (Å²) >= 11 is 0. The van der Waals surface area contributed by atoms with E-state index in [1.807, 2.05) is 12.1 Å². The molecule has 16 heavy (non-hydrogen) atoms. The van der Waals surface area contributed by atoms with Crippen LogP contribution in [0, 0.1) is 0 Å². The molecule has 0 spiro atoms. The van der Waals surface area contributed by atoms with Gasteiger partial charge in [-0.2, -0.15) is 0 Å². The molecule has 0 bridgehead atoms. The lowest BCUT2D eigenvalue weighted by Gasteiger charge is -2.06. The number of nitrogens with two attached hydrogens (primary N) is 1. The van der Waals surface area contributed by atoms with Gasteiger partial charge in [-0.25, -0.2) is 4.98 Å². The molecule has 0 aliphatic heterocycles. The minimum Gasteiger partial charge on any atom is -0.384 e. The average Bonchev–Trinajstić information content (AvgIpc) is 2.28. The maximum absolute atomic E-state index is 5.55. The van der Waals surface area contributed by atoms with Crippen LogP contribution in [0.3, 0.4) is 0 Å². The van der Waals surface area contributed by atoms with Gasteiger partial charge in [0.05, 0.1) is 13.2 Å². The summed E-state index contributed by atoms with van der Waals surface area (Å²) in [7, 11) is 1.66. The predicted molar refractivity (Wildman–Crippen MR) is 64.5 cm³/mol. The fourth-order valence-corrected chi connectivity index (χ4v) is 1.18. The van der Waals surface area contributed by atoms with Crippen molar-refractivity contribution in [2.45, 2.75) is 6.42 Å². The number of nitrogens with one attached hydrogen (secondary N) is 1. The Kier molecular flexibility index (Phi) is 6.29. The minimum absolute atomic E-state index is 0.529. The Bertz CT molecular complexity index is 294. The first-order chi connectivity index (χ1) is 7.83. The van der Waals surface area contributed by atoms with Crippen LogP contribution in [0.1, 0.15) is 6.42 Å². The summed E-state index contributed by atoms with van der Waals surface area (Å²) in [6.07, 6.45) is 0.931. The largest absolute Gasteiger partial charge is 0.384 e. The summed E-state index contributed by atoms with van der Waals surface area (Å²) in [4.78, 5) is 4.13. The molecule has 0 aliphatic rings. The lowest BCUT2D eigenvalue weighted by molar-refractivity contribution is 0.0705. The standard InChI is InChI=1S/C11H19N3O2/c1-15-8-9-16-7-3-6-13-11-5-2-4-10(12)14-11/h2,4-5H,3,6-9H2,1H3,(H3,12,13,14). The van der Waals surface area contributed by atoms with Crippen LogP contribution in [-0.4, -0.2) is 38.5 Å². The van der Waals surface area contributed by atoms with Gasteiger partial charge in [0.1, 0.15) is 11.6 Å². The maximum atomic E-state index is 5.55. The van der Waals surface area contributed by atoms with E-state index in [4.69, 9.17) is 15.2 Å². The highest BCUT2D eigenvalue weighted by molar-refractivity contribution is 5.41. The van der Waals surface area contributed by atoms with Crippen molar-refractivity contribution in [1.29, 1.82) is 0 Å². The van der Waals surface area contributed by atoms with Gasteiger partial charge in [0, 0.05) is 20.3 Å². The first-order valence-electron chi connectivity index (χ1n) is 5.36. The quantitative estimate of drug-likeness (QED) is 0.649. The highest BCUT2D eigenvalue weighted by atomic mass is 16.5. The third-order valence-electron chi connectivity index (χ3n) is 1.97. The molecule has 5 heteroatoms. The van der Waals surface area contributed by atoms with Gasteiger partial charge >= 0.3 is 0 Å².